The van der Waals surface area contributed by atoms with Crippen molar-refractivity contribution in [2.24, 2.45) is 0 Å². The number of fused-ring (bicyclic) bond motifs is 1. The fourth-order valence-corrected chi connectivity index (χ4v) is 3.22. The molecule has 0 saturated heterocycles. The summed E-state index contributed by atoms with van der Waals surface area (Å²) in [5, 5.41) is 11.6. The van der Waals surface area contributed by atoms with Gasteiger partial charge in [0.25, 0.3) is 5.91 Å². The van der Waals surface area contributed by atoms with Gasteiger partial charge < -0.3 is 5.32 Å². The Morgan fingerprint density at radius 2 is 1.79 bits per heavy atom. The molecule has 0 aliphatic heterocycles. The van der Waals surface area contributed by atoms with Gasteiger partial charge in [0.1, 0.15) is 0 Å². The number of rotatable bonds is 5. The second kappa shape index (κ2) is 8.06. The Kier molecular flexibility index (Phi) is 5.16. The number of nitrogens with one attached hydrogen (secondary N) is 1. The summed E-state index contributed by atoms with van der Waals surface area (Å²) in [5.41, 5.74) is 4.23. The maximum atomic E-state index is 12.3. The van der Waals surface area contributed by atoms with Crippen molar-refractivity contribution in [1.82, 2.24) is 20.1 Å². The van der Waals surface area contributed by atoms with E-state index >= 15 is 0 Å². The minimum atomic E-state index is -0.159. The quantitative estimate of drug-likeness (QED) is 0.562. The van der Waals surface area contributed by atoms with Gasteiger partial charge in [-0.05, 0) is 53.6 Å². The molecule has 4 aromatic rings. The summed E-state index contributed by atoms with van der Waals surface area (Å²) in [6.07, 6.45) is 3.87. The highest BCUT2D eigenvalue weighted by Crippen LogP contribution is 2.26. The van der Waals surface area contributed by atoms with E-state index in [9.17, 15) is 9.59 Å². The molecule has 0 unspecified atom stereocenters. The van der Waals surface area contributed by atoms with Crippen LogP contribution in [0.25, 0.3) is 22.0 Å². The van der Waals surface area contributed by atoms with E-state index in [1.807, 2.05) is 49.5 Å². The topological polar surface area (TPSA) is 76.9 Å². The summed E-state index contributed by atoms with van der Waals surface area (Å²) in [7, 11) is 0. The van der Waals surface area contributed by atoms with Crippen molar-refractivity contribution >= 4 is 22.7 Å². The van der Waals surface area contributed by atoms with Crippen molar-refractivity contribution in [3.8, 4) is 11.1 Å². The molecule has 6 heteroatoms. The lowest BCUT2D eigenvalue weighted by atomic mass is 10.0. The number of hydrogen-bond donors (Lipinski definition) is 1. The molecule has 0 saturated carbocycles. The molecule has 144 valence electrons. The molecule has 2 aromatic carbocycles. The lowest BCUT2D eigenvalue weighted by molar-refractivity contribution is 0.0912. The summed E-state index contributed by atoms with van der Waals surface area (Å²) in [4.78, 5) is 24.3. The highest BCUT2D eigenvalue weighted by Gasteiger charge is 2.09. The number of carbonyl (C=O) groups excluding carboxylic acids is 2. The first-order valence-electron chi connectivity index (χ1n) is 9.45. The third-order valence-corrected chi connectivity index (χ3v) is 4.80. The van der Waals surface area contributed by atoms with Crippen LogP contribution in [0.5, 0.6) is 0 Å². The fourth-order valence-electron chi connectivity index (χ4n) is 3.22. The van der Waals surface area contributed by atoms with Crippen molar-refractivity contribution in [1.29, 1.82) is 0 Å². The monoisotopic (exact) mass is 384 g/mol. The van der Waals surface area contributed by atoms with E-state index in [1.165, 1.54) is 0 Å². The van der Waals surface area contributed by atoms with Crippen LogP contribution in [0.2, 0.25) is 0 Å². The Hall–Kier alpha value is -3.80. The molecule has 0 fully saturated rings. The third-order valence-electron chi connectivity index (χ3n) is 4.80. The minimum Gasteiger partial charge on any atom is -0.346 e. The Balaban J connectivity index is 1.50. The molecule has 1 amide bonds. The number of benzene rings is 2. The van der Waals surface area contributed by atoms with Gasteiger partial charge in [-0.25, -0.2) is 0 Å². The van der Waals surface area contributed by atoms with Crippen molar-refractivity contribution in [2.75, 3.05) is 0 Å². The molecule has 0 atom stereocenters. The Bertz CT molecular complexity index is 1160. The van der Waals surface area contributed by atoms with Gasteiger partial charge in [-0.1, -0.05) is 25.1 Å². The lowest BCUT2D eigenvalue weighted by Gasteiger charge is -2.07. The molecule has 6 nitrogen and oxygen atoms in total. The summed E-state index contributed by atoms with van der Waals surface area (Å²) < 4.78 is 1.68. The van der Waals surface area contributed by atoms with E-state index < -0.39 is 0 Å². The van der Waals surface area contributed by atoms with Gasteiger partial charge in [-0.2, -0.15) is 10.2 Å². The SMILES string of the molecule is CCC(=O)n1ccc2cc(-c3ccc(C(=O)NCc4cccnn4)cc3)ccc21. The highest BCUT2D eigenvalue weighted by molar-refractivity contribution is 5.96. The Morgan fingerprint density at radius 3 is 2.52 bits per heavy atom. The molecule has 29 heavy (non-hydrogen) atoms. The number of aromatic nitrogens is 3. The molecular weight excluding hydrogens is 364 g/mol. The number of nitrogens with zero attached hydrogens (tertiary/aromatic N) is 3. The van der Waals surface area contributed by atoms with Crippen LogP contribution in [0.15, 0.2) is 73.1 Å². The number of amides is 1. The zero-order valence-electron chi connectivity index (χ0n) is 16.0. The standard InChI is InChI=1S/C23H20N4O2/c1-2-22(28)27-13-11-19-14-18(9-10-21(19)27)16-5-7-17(8-6-16)23(29)24-15-20-4-3-12-25-26-20/h3-14H,2,15H2,1H3,(H,24,29). The maximum absolute atomic E-state index is 12.3. The van der Waals surface area contributed by atoms with Crippen molar-refractivity contribution in [3.05, 3.63) is 84.3 Å². The van der Waals surface area contributed by atoms with Crippen LogP contribution in [-0.2, 0) is 6.54 Å². The minimum absolute atomic E-state index is 0.0737. The molecule has 0 aliphatic carbocycles. The first kappa shape index (κ1) is 18.6. The van der Waals surface area contributed by atoms with Gasteiger partial charge in [0.05, 0.1) is 17.8 Å². The van der Waals surface area contributed by atoms with Gasteiger partial charge in [0, 0.05) is 29.8 Å². The zero-order valence-corrected chi connectivity index (χ0v) is 16.0. The maximum Gasteiger partial charge on any atom is 0.251 e. The largest absolute Gasteiger partial charge is 0.346 e. The molecule has 4 rings (SSSR count). The Morgan fingerprint density at radius 1 is 1.00 bits per heavy atom. The predicted octanol–water partition coefficient (Wildman–Crippen LogP) is 4.08. The Labute approximate surface area is 168 Å². The summed E-state index contributed by atoms with van der Waals surface area (Å²) in [5.74, 6) is -0.0857. The van der Waals surface area contributed by atoms with Crippen LogP contribution in [-0.4, -0.2) is 26.6 Å². The van der Waals surface area contributed by atoms with E-state index in [-0.39, 0.29) is 11.8 Å². The van der Waals surface area contributed by atoms with Crippen LogP contribution >= 0.6 is 0 Å². The third kappa shape index (κ3) is 3.91. The fraction of sp³-hybridized carbons (Fsp3) is 0.130. The van der Waals surface area contributed by atoms with Gasteiger partial charge in [-0.15, -0.1) is 0 Å². The number of hydrogen-bond acceptors (Lipinski definition) is 4. The molecule has 2 heterocycles. The van der Waals surface area contributed by atoms with Gasteiger partial charge in [0.2, 0.25) is 5.91 Å². The van der Waals surface area contributed by atoms with E-state index in [1.54, 1.807) is 29.0 Å². The highest BCUT2D eigenvalue weighted by atomic mass is 16.2. The summed E-state index contributed by atoms with van der Waals surface area (Å²) >= 11 is 0. The van der Waals surface area contributed by atoms with E-state index in [0.29, 0.717) is 24.2 Å². The van der Waals surface area contributed by atoms with Crippen LogP contribution in [0.4, 0.5) is 0 Å². The summed E-state index contributed by atoms with van der Waals surface area (Å²) in [6, 6.07) is 19.0. The molecule has 2 aromatic heterocycles. The van der Waals surface area contributed by atoms with E-state index in [2.05, 4.69) is 21.6 Å². The van der Waals surface area contributed by atoms with Crippen molar-refractivity contribution in [3.63, 3.8) is 0 Å². The van der Waals surface area contributed by atoms with Gasteiger partial charge in [0.15, 0.2) is 0 Å². The first-order chi connectivity index (χ1) is 14.2. The van der Waals surface area contributed by atoms with Gasteiger partial charge in [-0.3, -0.25) is 14.2 Å². The second-order valence-electron chi connectivity index (χ2n) is 6.68. The molecule has 1 N–H and O–H groups in total. The molecule has 0 bridgehead atoms. The zero-order chi connectivity index (χ0) is 20.2. The smallest absolute Gasteiger partial charge is 0.251 e. The molecular formula is C23H20N4O2. The van der Waals surface area contributed by atoms with Crippen LogP contribution < -0.4 is 5.32 Å². The predicted molar refractivity (Wildman–Crippen MR) is 111 cm³/mol. The van der Waals surface area contributed by atoms with Crippen LogP contribution in [0.3, 0.4) is 0 Å². The number of carbonyl (C=O) groups is 2. The van der Waals surface area contributed by atoms with Crippen LogP contribution in [0, 0.1) is 0 Å². The van der Waals surface area contributed by atoms with Crippen molar-refractivity contribution < 1.29 is 9.59 Å². The van der Waals surface area contributed by atoms with E-state index in [0.717, 1.165) is 22.0 Å². The molecule has 0 radical (unpaired) electrons. The summed E-state index contributed by atoms with van der Waals surface area (Å²) in [6.45, 7) is 2.19. The van der Waals surface area contributed by atoms with Gasteiger partial charge >= 0.3 is 0 Å². The molecule has 0 spiro atoms. The average Bonchev–Trinajstić information content (AvgIpc) is 3.21. The second-order valence-corrected chi connectivity index (χ2v) is 6.68. The van der Waals surface area contributed by atoms with Crippen LogP contribution in [0.1, 0.15) is 34.2 Å². The first-order valence-corrected chi connectivity index (χ1v) is 9.45. The van der Waals surface area contributed by atoms with Crippen molar-refractivity contribution in [2.45, 2.75) is 19.9 Å². The van der Waals surface area contributed by atoms with E-state index in [4.69, 9.17) is 0 Å². The molecule has 0 aliphatic rings. The normalized spacial score (nSPS) is 10.8. The average molecular weight is 384 g/mol. The lowest BCUT2D eigenvalue weighted by Crippen LogP contribution is -2.23.